The van der Waals surface area contributed by atoms with Crippen molar-refractivity contribution in [3.8, 4) is 5.75 Å². The van der Waals surface area contributed by atoms with Crippen LogP contribution in [-0.4, -0.2) is 54.4 Å². The fourth-order valence-corrected chi connectivity index (χ4v) is 2.46. The zero-order valence-corrected chi connectivity index (χ0v) is 14.7. The van der Waals surface area contributed by atoms with Crippen LogP contribution in [0, 0.1) is 0 Å². The Kier molecular flexibility index (Phi) is 8.78. The van der Waals surface area contributed by atoms with E-state index in [4.69, 9.17) is 43.6 Å². The van der Waals surface area contributed by atoms with Crippen molar-refractivity contribution in [1.29, 1.82) is 0 Å². The summed E-state index contributed by atoms with van der Waals surface area (Å²) in [5, 5.41) is 8.22. The van der Waals surface area contributed by atoms with Crippen molar-refractivity contribution >= 4 is 29.2 Å². The summed E-state index contributed by atoms with van der Waals surface area (Å²) >= 11 is 11.8. The van der Waals surface area contributed by atoms with E-state index >= 15 is 0 Å². The van der Waals surface area contributed by atoms with Crippen molar-refractivity contribution < 1.29 is 27.8 Å². The van der Waals surface area contributed by atoms with E-state index in [2.05, 4.69) is 4.90 Å². The van der Waals surface area contributed by atoms with Crippen LogP contribution >= 0.6 is 23.2 Å². The Labute approximate surface area is 153 Å². The molecule has 10 heteroatoms. The van der Waals surface area contributed by atoms with E-state index in [0.29, 0.717) is 10.0 Å². The second kappa shape index (κ2) is 10.1. The maximum Gasteiger partial charge on any atom is 0.490 e. The van der Waals surface area contributed by atoms with E-state index in [1.807, 2.05) is 6.07 Å². The average Bonchev–Trinajstić information content (AvgIpc) is 2.53. The number of piperidine rings is 1. The molecule has 0 saturated carbocycles. The number of ether oxygens (including phenoxy) is 1. The Bertz CT molecular complexity index is 565. The molecule has 0 bridgehead atoms. The number of carboxylic acids is 1. The Morgan fingerprint density at radius 3 is 2.28 bits per heavy atom. The largest absolute Gasteiger partial charge is 0.490 e. The molecule has 142 valence electrons. The predicted octanol–water partition coefficient (Wildman–Crippen LogP) is 3.43. The number of aliphatic carboxylic acids is 1. The highest BCUT2D eigenvalue weighted by molar-refractivity contribution is 6.42. The third kappa shape index (κ3) is 8.13. The number of rotatable bonds is 4. The number of likely N-dealkylation sites (tertiary alicyclic amines) is 1. The lowest BCUT2D eigenvalue weighted by atomic mass is 10.1. The third-order valence-corrected chi connectivity index (χ3v) is 4.16. The molecule has 1 aliphatic rings. The SMILES string of the molecule is NCCN1CCC(Oc2ccc(Cl)c(Cl)c2)CC1.O=C(O)C(F)(F)F. The summed E-state index contributed by atoms with van der Waals surface area (Å²) in [5.74, 6) is -1.96. The maximum atomic E-state index is 10.6. The molecule has 1 aromatic rings. The van der Waals surface area contributed by atoms with Gasteiger partial charge in [-0.05, 0) is 25.0 Å². The zero-order valence-electron chi connectivity index (χ0n) is 13.2. The number of nitrogens with zero attached hydrogens (tertiary/aromatic N) is 1. The standard InChI is InChI=1S/C13H18Cl2N2O.C2HF3O2/c14-12-2-1-11(9-13(12)15)18-10-3-6-17(7-4-10)8-5-16;3-2(4,5)1(6)7/h1-2,9-10H,3-8,16H2;(H,6,7). The molecule has 0 amide bonds. The molecule has 2 rings (SSSR count). The topological polar surface area (TPSA) is 75.8 Å². The van der Waals surface area contributed by atoms with Crippen LogP contribution in [0.2, 0.25) is 10.0 Å². The van der Waals surface area contributed by atoms with Crippen molar-refractivity contribution in [2.75, 3.05) is 26.2 Å². The molecule has 1 saturated heterocycles. The lowest BCUT2D eigenvalue weighted by molar-refractivity contribution is -0.192. The first-order chi connectivity index (χ1) is 11.6. The minimum atomic E-state index is -5.08. The van der Waals surface area contributed by atoms with E-state index in [0.717, 1.165) is 44.8 Å². The summed E-state index contributed by atoms with van der Waals surface area (Å²) in [4.78, 5) is 11.3. The van der Waals surface area contributed by atoms with Gasteiger partial charge in [0.2, 0.25) is 0 Å². The maximum absolute atomic E-state index is 10.6. The number of alkyl halides is 3. The van der Waals surface area contributed by atoms with Crippen molar-refractivity contribution in [3.05, 3.63) is 28.2 Å². The van der Waals surface area contributed by atoms with Crippen molar-refractivity contribution in [2.24, 2.45) is 5.73 Å². The summed E-state index contributed by atoms with van der Waals surface area (Å²) in [6.45, 7) is 3.78. The number of hydrogen-bond acceptors (Lipinski definition) is 4. The van der Waals surface area contributed by atoms with E-state index < -0.39 is 12.1 Å². The van der Waals surface area contributed by atoms with Crippen LogP contribution in [0.5, 0.6) is 5.75 Å². The van der Waals surface area contributed by atoms with E-state index in [1.165, 1.54) is 0 Å². The fraction of sp³-hybridized carbons (Fsp3) is 0.533. The number of halogens is 5. The number of benzene rings is 1. The van der Waals surface area contributed by atoms with Crippen LogP contribution in [0.1, 0.15) is 12.8 Å². The first-order valence-electron chi connectivity index (χ1n) is 7.47. The molecule has 0 radical (unpaired) electrons. The van der Waals surface area contributed by atoms with Gasteiger partial charge in [0.15, 0.2) is 0 Å². The van der Waals surface area contributed by atoms with Gasteiger partial charge in [-0.2, -0.15) is 13.2 Å². The minimum Gasteiger partial charge on any atom is -0.490 e. The van der Waals surface area contributed by atoms with Crippen LogP contribution in [0.25, 0.3) is 0 Å². The van der Waals surface area contributed by atoms with Gasteiger partial charge in [-0.25, -0.2) is 4.79 Å². The first-order valence-corrected chi connectivity index (χ1v) is 8.23. The summed E-state index contributed by atoms with van der Waals surface area (Å²) in [7, 11) is 0. The van der Waals surface area contributed by atoms with Crippen LogP contribution in [-0.2, 0) is 4.79 Å². The van der Waals surface area contributed by atoms with Gasteiger partial charge in [-0.1, -0.05) is 23.2 Å². The summed E-state index contributed by atoms with van der Waals surface area (Å²) < 4.78 is 37.7. The van der Waals surface area contributed by atoms with Gasteiger partial charge in [0.05, 0.1) is 10.0 Å². The second-order valence-electron chi connectivity index (χ2n) is 5.33. The normalized spacial score (nSPS) is 16.1. The summed E-state index contributed by atoms with van der Waals surface area (Å²) in [6.07, 6.45) is -2.77. The van der Waals surface area contributed by atoms with Crippen molar-refractivity contribution in [1.82, 2.24) is 4.90 Å². The molecule has 1 aromatic carbocycles. The number of carbonyl (C=O) groups is 1. The van der Waals surface area contributed by atoms with Gasteiger partial charge >= 0.3 is 12.1 Å². The molecule has 0 atom stereocenters. The van der Waals surface area contributed by atoms with E-state index in [-0.39, 0.29) is 6.10 Å². The highest BCUT2D eigenvalue weighted by Gasteiger charge is 2.38. The van der Waals surface area contributed by atoms with Crippen molar-refractivity contribution in [3.63, 3.8) is 0 Å². The minimum absolute atomic E-state index is 0.260. The van der Waals surface area contributed by atoms with Gasteiger partial charge in [-0.3, -0.25) is 0 Å². The number of nitrogens with two attached hydrogens (primary N) is 1. The zero-order chi connectivity index (χ0) is 19.0. The first kappa shape index (κ1) is 21.8. The molecule has 25 heavy (non-hydrogen) atoms. The number of carboxylic acid groups (broad SMARTS) is 1. The van der Waals surface area contributed by atoms with Crippen LogP contribution in [0.15, 0.2) is 18.2 Å². The molecule has 0 aliphatic carbocycles. The molecule has 1 fully saturated rings. The second-order valence-corrected chi connectivity index (χ2v) is 6.14. The molecular formula is C15H19Cl2F3N2O3. The molecule has 5 nitrogen and oxygen atoms in total. The Balaban J connectivity index is 0.000000381. The van der Waals surface area contributed by atoms with Gasteiger partial charge in [0, 0.05) is 32.2 Å². The highest BCUT2D eigenvalue weighted by Crippen LogP contribution is 2.28. The lowest BCUT2D eigenvalue weighted by Crippen LogP contribution is -2.40. The quantitative estimate of drug-likeness (QED) is 0.806. The predicted molar refractivity (Wildman–Crippen MR) is 89.3 cm³/mol. The summed E-state index contributed by atoms with van der Waals surface area (Å²) in [6, 6.07) is 5.40. The van der Waals surface area contributed by atoms with Gasteiger partial charge < -0.3 is 20.5 Å². The van der Waals surface area contributed by atoms with E-state index in [9.17, 15) is 13.2 Å². The molecule has 1 aliphatic heterocycles. The van der Waals surface area contributed by atoms with Crippen molar-refractivity contribution in [2.45, 2.75) is 25.1 Å². The molecule has 0 aromatic heterocycles. The highest BCUT2D eigenvalue weighted by atomic mass is 35.5. The molecule has 0 spiro atoms. The molecule has 1 heterocycles. The molecule has 0 unspecified atom stereocenters. The number of hydrogen-bond donors (Lipinski definition) is 2. The lowest BCUT2D eigenvalue weighted by Gasteiger charge is -2.31. The van der Waals surface area contributed by atoms with E-state index in [1.54, 1.807) is 12.1 Å². The smallest absolute Gasteiger partial charge is 0.490 e. The van der Waals surface area contributed by atoms with Gasteiger partial charge in [0.1, 0.15) is 11.9 Å². The molecule has 3 N–H and O–H groups in total. The Morgan fingerprint density at radius 2 is 1.84 bits per heavy atom. The summed E-state index contributed by atoms with van der Waals surface area (Å²) in [5.41, 5.74) is 5.55. The Morgan fingerprint density at radius 1 is 1.28 bits per heavy atom. The Hall–Kier alpha value is -1.22. The van der Waals surface area contributed by atoms with Crippen LogP contribution in [0.4, 0.5) is 13.2 Å². The third-order valence-electron chi connectivity index (χ3n) is 3.42. The molecular weight excluding hydrogens is 384 g/mol. The van der Waals surface area contributed by atoms with Gasteiger partial charge in [-0.15, -0.1) is 0 Å². The average molecular weight is 403 g/mol. The van der Waals surface area contributed by atoms with Gasteiger partial charge in [0.25, 0.3) is 0 Å². The fourth-order valence-electron chi connectivity index (χ4n) is 2.18. The van der Waals surface area contributed by atoms with Crippen LogP contribution in [0.3, 0.4) is 0 Å². The monoisotopic (exact) mass is 402 g/mol. The van der Waals surface area contributed by atoms with Crippen LogP contribution < -0.4 is 10.5 Å².